The van der Waals surface area contributed by atoms with Crippen molar-refractivity contribution in [2.45, 2.75) is 0 Å². The Morgan fingerprint density at radius 2 is 0.917 bits per heavy atom. The second-order valence-corrected chi connectivity index (χ2v) is 7.47. The number of hydrogen-bond acceptors (Lipinski definition) is 3. The number of ether oxygens (including phenoxy) is 2. The molecular formula is C20H19O3P. The van der Waals surface area contributed by atoms with E-state index in [2.05, 4.69) is 24.3 Å². The van der Waals surface area contributed by atoms with Crippen LogP contribution in [0, 0.1) is 0 Å². The topological polar surface area (TPSA) is 38.7 Å². The van der Waals surface area contributed by atoms with Gasteiger partial charge in [0.1, 0.15) is 17.2 Å². The predicted octanol–water partition coefficient (Wildman–Crippen LogP) is 3.17. The lowest BCUT2D eigenvalue weighted by atomic mass is 10.3. The van der Waals surface area contributed by atoms with Crippen molar-refractivity contribution in [3.8, 4) is 17.2 Å². The average molecular weight is 338 g/mol. The third kappa shape index (κ3) is 3.52. The van der Waals surface area contributed by atoms with E-state index in [0.29, 0.717) is 0 Å². The molecule has 0 radical (unpaired) electrons. The summed E-state index contributed by atoms with van der Waals surface area (Å²) in [4.78, 5) is 0. The summed E-state index contributed by atoms with van der Waals surface area (Å²) in [7, 11) is 2.62. The van der Waals surface area contributed by atoms with Gasteiger partial charge in [0.2, 0.25) is 0 Å². The summed E-state index contributed by atoms with van der Waals surface area (Å²) < 4.78 is 10.5. The predicted molar refractivity (Wildman–Crippen MR) is 99.9 cm³/mol. The Kier molecular flexibility index (Phi) is 5.02. The van der Waals surface area contributed by atoms with Gasteiger partial charge in [-0.1, -0.05) is 36.4 Å². The van der Waals surface area contributed by atoms with E-state index in [1.165, 1.54) is 15.9 Å². The lowest BCUT2D eigenvalue weighted by Gasteiger charge is -2.20. The van der Waals surface area contributed by atoms with Gasteiger partial charge in [0.15, 0.2) is 0 Å². The molecule has 1 N–H and O–H groups in total. The van der Waals surface area contributed by atoms with Crippen molar-refractivity contribution in [2.24, 2.45) is 0 Å². The largest absolute Gasteiger partial charge is 0.508 e. The number of methoxy groups -OCH3 is 2. The molecule has 122 valence electrons. The van der Waals surface area contributed by atoms with Crippen molar-refractivity contribution in [3.63, 3.8) is 0 Å². The van der Waals surface area contributed by atoms with Crippen LogP contribution in [0.1, 0.15) is 0 Å². The van der Waals surface area contributed by atoms with Crippen LogP contribution in [0.3, 0.4) is 0 Å². The Labute approximate surface area is 143 Å². The third-order valence-corrected chi connectivity index (χ3v) is 6.21. The van der Waals surface area contributed by atoms with Crippen molar-refractivity contribution in [2.75, 3.05) is 14.2 Å². The maximum Gasteiger partial charge on any atom is 0.118 e. The van der Waals surface area contributed by atoms with Crippen molar-refractivity contribution < 1.29 is 14.6 Å². The monoisotopic (exact) mass is 338 g/mol. The normalized spacial score (nSPS) is 10.6. The minimum Gasteiger partial charge on any atom is -0.508 e. The molecule has 0 amide bonds. The Bertz CT molecular complexity index is 733. The molecule has 0 bridgehead atoms. The van der Waals surface area contributed by atoms with E-state index in [1.54, 1.807) is 26.4 Å². The van der Waals surface area contributed by atoms with E-state index in [9.17, 15) is 5.11 Å². The first-order valence-electron chi connectivity index (χ1n) is 7.58. The fourth-order valence-electron chi connectivity index (χ4n) is 2.51. The maximum absolute atomic E-state index is 9.59. The Morgan fingerprint density at radius 3 is 1.25 bits per heavy atom. The summed E-state index contributed by atoms with van der Waals surface area (Å²) in [6.45, 7) is 0. The Morgan fingerprint density at radius 1 is 0.583 bits per heavy atom. The van der Waals surface area contributed by atoms with Crippen molar-refractivity contribution >= 4 is 23.8 Å². The summed E-state index contributed by atoms with van der Waals surface area (Å²) in [5.74, 6) is 1.96. The summed E-state index contributed by atoms with van der Waals surface area (Å²) in [5.41, 5.74) is 0. The van der Waals surface area contributed by atoms with Crippen LogP contribution in [-0.2, 0) is 0 Å². The first-order chi connectivity index (χ1) is 11.7. The van der Waals surface area contributed by atoms with Crippen LogP contribution in [-0.4, -0.2) is 19.3 Å². The molecule has 3 nitrogen and oxygen atoms in total. The van der Waals surface area contributed by atoms with Gasteiger partial charge in [0, 0.05) is 0 Å². The Balaban J connectivity index is 2.06. The van der Waals surface area contributed by atoms with Gasteiger partial charge in [-0.15, -0.1) is 0 Å². The van der Waals surface area contributed by atoms with Gasteiger partial charge in [0.05, 0.1) is 14.2 Å². The highest BCUT2D eigenvalue weighted by Crippen LogP contribution is 2.34. The number of hydrogen-bond donors (Lipinski definition) is 1. The Hall–Kier alpha value is -2.51. The molecule has 0 heterocycles. The molecule has 3 aromatic rings. The van der Waals surface area contributed by atoms with Crippen molar-refractivity contribution in [3.05, 3.63) is 72.8 Å². The summed E-state index contributed by atoms with van der Waals surface area (Å²) in [6.07, 6.45) is 0. The molecule has 0 aromatic heterocycles. The van der Waals surface area contributed by atoms with Crippen LogP contribution in [0.5, 0.6) is 17.2 Å². The summed E-state index contributed by atoms with van der Waals surface area (Å²) in [5, 5.41) is 13.2. The molecule has 0 unspecified atom stereocenters. The third-order valence-electron chi connectivity index (χ3n) is 3.77. The minimum absolute atomic E-state index is 0.276. The number of phenols is 1. The van der Waals surface area contributed by atoms with Gasteiger partial charge < -0.3 is 14.6 Å². The van der Waals surface area contributed by atoms with E-state index >= 15 is 0 Å². The molecule has 0 aliphatic rings. The molecule has 0 spiro atoms. The highest BCUT2D eigenvalue weighted by molar-refractivity contribution is 7.79. The molecule has 3 rings (SSSR count). The fourth-order valence-corrected chi connectivity index (χ4v) is 4.75. The van der Waals surface area contributed by atoms with E-state index in [1.807, 2.05) is 36.4 Å². The zero-order chi connectivity index (χ0) is 16.9. The van der Waals surface area contributed by atoms with Gasteiger partial charge in [-0.05, 0) is 60.2 Å². The molecule has 0 aliphatic carbocycles. The molecule has 0 saturated heterocycles. The number of rotatable bonds is 5. The van der Waals surface area contributed by atoms with Crippen LogP contribution in [0.25, 0.3) is 0 Å². The lowest BCUT2D eigenvalue weighted by molar-refractivity contribution is 0.415. The zero-order valence-corrected chi connectivity index (χ0v) is 14.5. The van der Waals surface area contributed by atoms with Gasteiger partial charge >= 0.3 is 0 Å². The summed E-state index contributed by atoms with van der Waals surface area (Å²) in [6, 6.07) is 23.7. The van der Waals surface area contributed by atoms with Gasteiger partial charge in [-0.25, -0.2) is 0 Å². The second-order valence-electron chi connectivity index (χ2n) is 5.25. The molecule has 3 aromatic carbocycles. The van der Waals surface area contributed by atoms with E-state index in [4.69, 9.17) is 9.47 Å². The first kappa shape index (κ1) is 16.4. The van der Waals surface area contributed by atoms with Crippen LogP contribution >= 0.6 is 7.92 Å². The van der Waals surface area contributed by atoms with Crippen LogP contribution < -0.4 is 25.4 Å². The SMILES string of the molecule is COc1ccc(P(c2ccc(O)cc2)c2ccc(OC)cc2)cc1. The van der Waals surface area contributed by atoms with Crippen molar-refractivity contribution in [1.29, 1.82) is 0 Å². The van der Waals surface area contributed by atoms with Crippen LogP contribution in [0.4, 0.5) is 0 Å². The van der Waals surface area contributed by atoms with Crippen LogP contribution in [0.2, 0.25) is 0 Å². The van der Waals surface area contributed by atoms with Crippen molar-refractivity contribution in [1.82, 2.24) is 0 Å². The number of benzene rings is 3. The first-order valence-corrected chi connectivity index (χ1v) is 8.92. The zero-order valence-electron chi connectivity index (χ0n) is 13.6. The molecular weight excluding hydrogens is 319 g/mol. The molecule has 0 atom stereocenters. The molecule has 0 aliphatic heterocycles. The summed E-state index contributed by atoms with van der Waals surface area (Å²) >= 11 is 0. The highest BCUT2D eigenvalue weighted by atomic mass is 31.1. The van der Waals surface area contributed by atoms with Gasteiger partial charge in [0.25, 0.3) is 0 Å². The minimum atomic E-state index is -0.715. The quantitative estimate of drug-likeness (QED) is 0.726. The van der Waals surface area contributed by atoms with E-state index in [0.717, 1.165) is 11.5 Å². The molecule has 0 saturated carbocycles. The fraction of sp³-hybridized carbons (Fsp3) is 0.100. The van der Waals surface area contributed by atoms with Crippen LogP contribution in [0.15, 0.2) is 72.8 Å². The van der Waals surface area contributed by atoms with Gasteiger partial charge in [-0.3, -0.25) is 0 Å². The lowest BCUT2D eigenvalue weighted by Crippen LogP contribution is -2.20. The molecule has 4 heteroatoms. The second kappa shape index (κ2) is 7.37. The molecule has 0 fully saturated rings. The maximum atomic E-state index is 9.59. The van der Waals surface area contributed by atoms with E-state index < -0.39 is 7.92 Å². The molecule has 24 heavy (non-hydrogen) atoms. The standard InChI is InChI=1S/C20H19O3P/c1-22-16-5-11-19(12-6-16)24(18-9-3-15(21)4-10-18)20-13-7-17(23-2)8-14-20/h3-14,21H,1-2H3. The number of phenolic OH excluding ortho intramolecular Hbond substituents is 1. The number of aromatic hydroxyl groups is 1. The highest BCUT2D eigenvalue weighted by Gasteiger charge is 2.16. The van der Waals surface area contributed by atoms with E-state index in [-0.39, 0.29) is 5.75 Å². The van der Waals surface area contributed by atoms with Gasteiger partial charge in [-0.2, -0.15) is 0 Å². The average Bonchev–Trinajstić information content (AvgIpc) is 2.64. The smallest absolute Gasteiger partial charge is 0.118 e.